The predicted molar refractivity (Wildman–Crippen MR) is 55.4 cm³/mol. The number of carboxylic acids is 1. The summed E-state index contributed by atoms with van der Waals surface area (Å²) in [6, 6.07) is 3.26. The first kappa shape index (κ1) is 9.21. The Morgan fingerprint density at radius 3 is 2.93 bits per heavy atom. The highest BCUT2D eigenvalue weighted by Crippen LogP contribution is 2.25. The molecule has 0 unspecified atom stereocenters. The van der Waals surface area contributed by atoms with Crippen LogP contribution in [0, 0.1) is 0 Å². The van der Waals surface area contributed by atoms with Gasteiger partial charge in [-0.2, -0.15) is 5.10 Å². The van der Waals surface area contributed by atoms with Gasteiger partial charge in [-0.3, -0.25) is 4.68 Å². The van der Waals surface area contributed by atoms with Crippen LogP contribution in [0.3, 0.4) is 0 Å². The Morgan fingerprint density at radius 1 is 1.57 bits per heavy atom. The Bertz CT molecular complexity index is 519. The van der Waals surface area contributed by atoms with Crippen molar-refractivity contribution in [1.29, 1.82) is 0 Å². The number of aromatic nitrogens is 2. The van der Waals surface area contributed by atoms with Gasteiger partial charge in [0.05, 0.1) is 5.56 Å². The molecule has 2 aromatic rings. The van der Waals surface area contributed by atoms with Gasteiger partial charge in [-0.1, -0.05) is 15.9 Å². The second-order valence-electron chi connectivity index (χ2n) is 2.97. The van der Waals surface area contributed by atoms with Crippen LogP contribution in [-0.2, 0) is 7.05 Å². The predicted octanol–water partition coefficient (Wildman–Crippen LogP) is 2.03. The second kappa shape index (κ2) is 3.09. The lowest BCUT2D eigenvalue weighted by atomic mass is 10.1. The van der Waals surface area contributed by atoms with Crippen LogP contribution in [0.1, 0.15) is 10.4 Å². The third-order valence-electron chi connectivity index (χ3n) is 1.97. The first-order valence-corrected chi connectivity index (χ1v) is 4.74. The van der Waals surface area contributed by atoms with Crippen molar-refractivity contribution in [2.75, 3.05) is 0 Å². The Hall–Kier alpha value is -1.36. The van der Waals surface area contributed by atoms with Crippen molar-refractivity contribution in [2.45, 2.75) is 0 Å². The van der Waals surface area contributed by atoms with Gasteiger partial charge in [-0.05, 0) is 12.1 Å². The Morgan fingerprint density at radius 2 is 2.29 bits per heavy atom. The normalized spacial score (nSPS) is 10.7. The van der Waals surface area contributed by atoms with Crippen molar-refractivity contribution >= 4 is 32.8 Å². The van der Waals surface area contributed by atoms with E-state index in [4.69, 9.17) is 5.11 Å². The number of aryl methyl sites for hydroxylation is 1. The summed E-state index contributed by atoms with van der Waals surface area (Å²) < 4.78 is 2.45. The molecule has 0 aliphatic rings. The molecular formula is C9H7BrN2O2. The van der Waals surface area contributed by atoms with Crippen molar-refractivity contribution in [3.63, 3.8) is 0 Å². The van der Waals surface area contributed by atoms with Crippen molar-refractivity contribution in [3.05, 3.63) is 28.4 Å². The summed E-state index contributed by atoms with van der Waals surface area (Å²) in [5, 5.41) is 13.8. The molecule has 72 valence electrons. The van der Waals surface area contributed by atoms with E-state index in [2.05, 4.69) is 21.0 Å². The number of fused-ring (bicyclic) bond motifs is 1. The standard InChI is InChI=1S/C9H7BrN2O2/c1-12-4-6-7(10)3-2-5(9(13)14)8(6)11-12/h2-4H,1H3,(H,13,14). The van der Waals surface area contributed by atoms with Gasteiger partial charge in [-0.15, -0.1) is 0 Å². The Balaban J connectivity index is 2.87. The summed E-state index contributed by atoms with van der Waals surface area (Å²) in [6.45, 7) is 0. The summed E-state index contributed by atoms with van der Waals surface area (Å²) in [4.78, 5) is 10.9. The zero-order chi connectivity index (χ0) is 10.3. The monoisotopic (exact) mass is 254 g/mol. The number of halogens is 1. The van der Waals surface area contributed by atoms with E-state index >= 15 is 0 Å². The Kier molecular flexibility index (Phi) is 2.03. The van der Waals surface area contributed by atoms with Gasteiger partial charge in [-0.25, -0.2) is 4.79 Å². The summed E-state index contributed by atoms with van der Waals surface area (Å²) in [5.74, 6) is -0.957. The average molecular weight is 255 g/mol. The molecule has 1 heterocycles. The van der Waals surface area contributed by atoms with E-state index in [9.17, 15) is 4.79 Å². The van der Waals surface area contributed by atoms with Crippen molar-refractivity contribution in [3.8, 4) is 0 Å². The van der Waals surface area contributed by atoms with E-state index in [0.29, 0.717) is 5.52 Å². The van der Waals surface area contributed by atoms with Gasteiger partial charge in [0.25, 0.3) is 0 Å². The van der Waals surface area contributed by atoms with E-state index in [1.54, 1.807) is 30.1 Å². The van der Waals surface area contributed by atoms with Gasteiger partial charge >= 0.3 is 5.97 Å². The number of nitrogens with zero attached hydrogens (tertiary/aromatic N) is 2. The van der Waals surface area contributed by atoms with Gasteiger partial charge in [0.2, 0.25) is 0 Å². The molecule has 4 nitrogen and oxygen atoms in total. The summed E-state index contributed by atoms with van der Waals surface area (Å²) in [5.41, 5.74) is 0.734. The molecule has 14 heavy (non-hydrogen) atoms. The van der Waals surface area contributed by atoms with Gasteiger partial charge < -0.3 is 5.11 Å². The van der Waals surface area contributed by atoms with Crippen LogP contribution in [0.5, 0.6) is 0 Å². The summed E-state index contributed by atoms with van der Waals surface area (Å²) >= 11 is 3.35. The number of hydrogen-bond donors (Lipinski definition) is 1. The summed E-state index contributed by atoms with van der Waals surface area (Å²) in [7, 11) is 1.76. The van der Waals surface area contributed by atoms with E-state index in [1.165, 1.54) is 0 Å². The molecule has 0 fully saturated rings. The molecule has 0 saturated carbocycles. The third kappa shape index (κ3) is 1.29. The summed E-state index contributed by atoms with van der Waals surface area (Å²) in [6.07, 6.45) is 1.78. The fourth-order valence-corrected chi connectivity index (χ4v) is 1.78. The lowest BCUT2D eigenvalue weighted by Crippen LogP contribution is -1.97. The van der Waals surface area contributed by atoms with Crippen LogP contribution in [-0.4, -0.2) is 20.9 Å². The highest BCUT2D eigenvalue weighted by atomic mass is 79.9. The maximum atomic E-state index is 10.9. The highest BCUT2D eigenvalue weighted by molar-refractivity contribution is 9.10. The van der Waals surface area contributed by atoms with Crippen LogP contribution in [0.25, 0.3) is 10.9 Å². The first-order valence-electron chi connectivity index (χ1n) is 3.95. The van der Waals surface area contributed by atoms with E-state index < -0.39 is 5.97 Å². The number of hydrogen-bond acceptors (Lipinski definition) is 2. The fraction of sp³-hybridized carbons (Fsp3) is 0.111. The molecule has 0 saturated heterocycles. The second-order valence-corrected chi connectivity index (χ2v) is 3.82. The maximum absolute atomic E-state index is 10.9. The first-order chi connectivity index (χ1) is 6.59. The SMILES string of the molecule is Cn1cc2c(Br)ccc(C(=O)O)c2n1. The molecule has 1 N–H and O–H groups in total. The van der Waals surface area contributed by atoms with Gasteiger partial charge in [0.1, 0.15) is 5.52 Å². The number of aromatic carboxylic acids is 1. The van der Waals surface area contributed by atoms with Crippen LogP contribution < -0.4 is 0 Å². The minimum Gasteiger partial charge on any atom is -0.478 e. The zero-order valence-corrected chi connectivity index (χ0v) is 8.95. The van der Waals surface area contributed by atoms with Crippen LogP contribution in [0.4, 0.5) is 0 Å². The van der Waals surface area contributed by atoms with Gasteiger partial charge in [0.15, 0.2) is 0 Å². The van der Waals surface area contributed by atoms with Crippen molar-refractivity contribution < 1.29 is 9.90 Å². The molecular weight excluding hydrogens is 248 g/mol. The minimum absolute atomic E-state index is 0.226. The highest BCUT2D eigenvalue weighted by Gasteiger charge is 2.13. The maximum Gasteiger partial charge on any atom is 0.337 e. The number of rotatable bonds is 1. The third-order valence-corrected chi connectivity index (χ3v) is 2.66. The zero-order valence-electron chi connectivity index (χ0n) is 7.36. The molecule has 0 aliphatic carbocycles. The fourth-order valence-electron chi connectivity index (χ4n) is 1.36. The molecule has 0 aliphatic heterocycles. The molecule has 1 aromatic heterocycles. The smallest absolute Gasteiger partial charge is 0.337 e. The van der Waals surface area contributed by atoms with Crippen LogP contribution in [0.2, 0.25) is 0 Å². The molecule has 1 aromatic carbocycles. The van der Waals surface area contributed by atoms with E-state index in [-0.39, 0.29) is 5.56 Å². The minimum atomic E-state index is -0.957. The van der Waals surface area contributed by atoms with Crippen molar-refractivity contribution in [1.82, 2.24) is 9.78 Å². The number of carboxylic acid groups (broad SMARTS) is 1. The average Bonchev–Trinajstić information content (AvgIpc) is 2.47. The van der Waals surface area contributed by atoms with Crippen LogP contribution >= 0.6 is 15.9 Å². The quantitative estimate of drug-likeness (QED) is 0.848. The van der Waals surface area contributed by atoms with Crippen molar-refractivity contribution in [2.24, 2.45) is 7.05 Å². The molecule has 0 radical (unpaired) electrons. The Labute approximate surface area is 88.3 Å². The topological polar surface area (TPSA) is 55.1 Å². The van der Waals surface area contributed by atoms with Crippen LogP contribution in [0.15, 0.2) is 22.8 Å². The van der Waals surface area contributed by atoms with E-state index in [0.717, 1.165) is 9.86 Å². The largest absolute Gasteiger partial charge is 0.478 e. The lowest BCUT2D eigenvalue weighted by molar-refractivity contribution is 0.0699. The molecule has 2 rings (SSSR count). The number of benzene rings is 1. The lowest BCUT2D eigenvalue weighted by Gasteiger charge is -1.96. The number of carbonyl (C=O) groups is 1. The molecule has 5 heteroatoms. The molecule has 0 bridgehead atoms. The molecule has 0 atom stereocenters. The molecule has 0 amide bonds. The van der Waals surface area contributed by atoms with Gasteiger partial charge in [0, 0.05) is 23.1 Å². The van der Waals surface area contributed by atoms with E-state index in [1.807, 2.05) is 0 Å². The molecule has 0 spiro atoms.